The third-order valence-corrected chi connectivity index (χ3v) is 4.26. The Balaban J connectivity index is 0.00000407. The fourth-order valence-electron chi connectivity index (χ4n) is 2.61. The van der Waals surface area contributed by atoms with Crippen LogP contribution in [0.1, 0.15) is 26.7 Å². The quantitative estimate of drug-likeness (QED) is 0.446. The van der Waals surface area contributed by atoms with E-state index in [1.54, 1.807) is 0 Å². The second kappa shape index (κ2) is 15.9. The van der Waals surface area contributed by atoms with Crippen LogP contribution in [0.2, 0.25) is 0 Å². The molecule has 0 bridgehead atoms. The van der Waals surface area contributed by atoms with Crippen LogP contribution in [-0.4, -0.2) is 67.5 Å². The zero-order chi connectivity index (χ0) is 23.1. The molecule has 5 amide bonds. The molecule has 0 aromatic heterocycles. The molecule has 167 valence electrons. The van der Waals surface area contributed by atoms with E-state index in [-0.39, 0.29) is 36.5 Å². The summed E-state index contributed by atoms with van der Waals surface area (Å²) in [4.78, 5) is 59.1. The zero-order valence-electron chi connectivity index (χ0n) is 16.8. The van der Waals surface area contributed by atoms with Crippen LogP contribution in [0, 0.1) is 11.8 Å². The van der Waals surface area contributed by atoms with Crippen LogP contribution in [0.5, 0.6) is 0 Å². The normalized spacial score (nSPS) is 25.5. The molecule has 0 spiro atoms. The van der Waals surface area contributed by atoms with Gasteiger partial charge in [-0.1, -0.05) is 33.0 Å². The van der Waals surface area contributed by atoms with Crippen molar-refractivity contribution in [3.05, 3.63) is 16.0 Å². The van der Waals surface area contributed by atoms with Crippen LogP contribution < -0.4 is 10.6 Å². The first-order valence-electron chi connectivity index (χ1n) is 9.13. The average molecular weight is 525 g/mol. The van der Waals surface area contributed by atoms with Crippen LogP contribution in [-0.2, 0) is 59.0 Å². The number of rotatable bonds is 1. The number of carbonyl (C=O) groups is 5. The van der Waals surface area contributed by atoms with Gasteiger partial charge in [-0.15, -0.1) is 0 Å². The molecule has 2 N–H and O–H groups in total. The molecule has 0 aliphatic carbocycles. The van der Waals surface area contributed by atoms with Gasteiger partial charge < -0.3 is 53.6 Å². The van der Waals surface area contributed by atoms with E-state index in [1.807, 2.05) is 13.8 Å². The molecule has 3 unspecified atom stereocenters. The summed E-state index contributed by atoms with van der Waals surface area (Å²) in [6, 6.07) is -1.03. The molecule has 13 heteroatoms. The van der Waals surface area contributed by atoms with Gasteiger partial charge in [0, 0.05) is 24.8 Å². The van der Waals surface area contributed by atoms with E-state index in [0.29, 0.717) is 13.0 Å². The molecule has 30 heavy (non-hydrogen) atoms. The molecule has 0 aromatic carbocycles. The molecule has 0 radical (unpaired) electrons. The maximum absolute atomic E-state index is 12.2. The fraction of sp³-hybridized carbons (Fsp3) is 0.706. The number of nitrogens with one attached hydrogen (secondary N) is 2. The average Bonchev–Trinajstić information content (AvgIpc) is 2.71. The number of amides is 5. The Hall–Kier alpha value is -1.85. The Bertz CT molecular complexity index is 623. The van der Waals surface area contributed by atoms with Crippen molar-refractivity contribution in [2.45, 2.75) is 32.7 Å². The van der Waals surface area contributed by atoms with Gasteiger partial charge in [-0.05, 0) is 18.3 Å². The Morgan fingerprint density at radius 1 is 0.933 bits per heavy atom. The van der Waals surface area contributed by atoms with Crippen LogP contribution in [0.15, 0.2) is 0 Å². The number of nitrogens with zero attached hydrogens (tertiary/aromatic N) is 3. The summed E-state index contributed by atoms with van der Waals surface area (Å²) in [7, 11) is 0. The van der Waals surface area contributed by atoms with E-state index in [9.17, 15) is 24.0 Å². The molecule has 1 aliphatic heterocycles. The summed E-state index contributed by atoms with van der Waals surface area (Å²) in [5.41, 5.74) is 0. The Labute approximate surface area is 191 Å². The standard InChI is InChI=1S/C17H29N5O5S.O.Tc/c1-10-3-11(2)5-21-17(27)12(9-28)22-16(26)8-20-15(25)7-19-14(24)6-18-13(23)4-10;;/h10-12H,3-9H2,1-2H3,(H6,18,19,20,21,22,23,24,25,26,27,28);;/q;;+4/p-4. The Morgan fingerprint density at radius 2 is 1.53 bits per heavy atom. The molecule has 1 fully saturated rings. The molecule has 3 atom stereocenters. The van der Waals surface area contributed by atoms with Crippen LogP contribution in [0.4, 0.5) is 0 Å². The first-order valence-corrected chi connectivity index (χ1v) is 10.5. The summed E-state index contributed by atoms with van der Waals surface area (Å²) in [5, 5.41) is 15.8. The zero-order valence-corrected chi connectivity index (χ0v) is 19.4. The van der Waals surface area contributed by atoms with E-state index in [1.165, 1.54) is 0 Å². The predicted molar refractivity (Wildman–Crippen MR) is 105 cm³/mol. The van der Waals surface area contributed by atoms with Gasteiger partial charge in [0.05, 0.1) is 12.5 Å². The Morgan fingerprint density at radius 3 is 2.17 bits per heavy atom. The monoisotopic (exact) mass is 524 g/mol. The Kier molecular flexibility index (Phi) is 14.9. The second-order valence-corrected chi connectivity index (χ2v) is 7.13. The van der Waals surface area contributed by atoms with Gasteiger partial charge in [-0.3, -0.25) is 9.59 Å². The summed E-state index contributed by atoms with van der Waals surface area (Å²) in [6.45, 7) is 2.79. The van der Waals surface area contributed by atoms with Gasteiger partial charge in [0.25, 0.3) is 0 Å². The van der Waals surface area contributed by atoms with Gasteiger partial charge in [0.2, 0.25) is 11.8 Å². The fourth-order valence-corrected chi connectivity index (χ4v) is 2.84. The molecule has 1 heterocycles. The summed E-state index contributed by atoms with van der Waals surface area (Å²) >= 11 is 5.78. The van der Waals surface area contributed by atoms with E-state index in [4.69, 9.17) is 16.1 Å². The van der Waals surface area contributed by atoms with Crippen molar-refractivity contribution in [2.24, 2.45) is 11.8 Å². The molecule has 1 rings (SSSR count). The van der Waals surface area contributed by atoms with Crippen LogP contribution in [0.25, 0.3) is 16.0 Å². The number of hydrogen-bond donors (Lipinski definition) is 2. The van der Waals surface area contributed by atoms with Crippen LogP contribution >= 0.6 is 0 Å². The van der Waals surface area contributed by atoms with Gasteiger partial charge >= 0.3 is 22.4 Å². The molecule has 1 saturated heterocycles. The van der Waals surface area contributed by atoms with Gasteiger partial charge in [-0.25, -0.2) is 0 Å². The van der Waals surface area contributed by atoms with E-state index >= 15 is 0 Å². The van der Waals surface area contributed by atoms with Crippen molar-refractivity contribution < 1.29 is 46.3 Å². The van der Waals surface area contributed by atoms with Crippen molar-refractivity contribution >= 4 is 42.2 Å². The van der Waals surface area contributed by atoms with Gasteiger partial charge in [-0.2, -0.15) is 5.75 Å². The van der Waals surface area contributed by atoms with Crippen LogP contribution in [0.3, 0.4) is 0 Å². The first-order chi connectivity index (χ1) is 14.2. The summed E-state index contributed by atoms with van der Waals surface area (Å²) < 4.78 is 8.22. The topological polar surface area (TPSA) is 169 Å². The summed E-state index contributed by atoms with van der Waals surface area (Å²) in [5.74, 6) is -2.92. The third kappa shape index (κ3) is 12.7. The third-order valence-electron chi connectivity index (χ3n) is 3.94. The van der Waals surface area contributed by atoms with Gasteiger partial charge in [0.1, 0.15) is 0 Å². The number of carbonyl (C=O) groups excluding carboxylic acids is 5. The van der Waals surface area contributed by atoms with Crippen molar-refractivity contribution in [3.8, 4) is 0 Å². The SMILES string of the molecule is CC1CNC(=O)C(C[S-])[N-]C(=O)C[N-]C(=O)C[N-]C(=O)CNC(=O)CC(C)C1.[O]=[Tc+4]. The first kappa shape index (κ1) is 28.1. The van der Waals surface area contributed by atoms with Crippen molar-refractivity contribution in [2.75, 3.05) is 31.9 Å². The maximum atomic E-state index is 12.2. The molecule has 0 aromatic rings. The number of hydrogen-bond acceptors (Lipinski definition) is 7. The second-order valence-electron chi connectivity index (χ2n) is 6.80. The minimum absolute atomic E-state index is 0.0300. The van der Waals surface area contributed by atoms with E-state index < -0.39 is 42.8 Å². The minimum atomic E-state index is -1.03. The van der Waals surface area contributed by atoms with Gasteiger partial charge in [0.15, 0.2) is 0 Å². The molecule has 0 saturated carbocycles. The molecule has 1 aliphatic rings. The predicted octanol–water partition coefficient (Wildman–Crippen LogP) is -0.220. The summed E-state index contributed by atoms with van der Waals surface area (Å²) in [6.07, 6.45) is 0.895. The van der Waals surface area contributed by atoms with Crippen molar-refractivity contribution in [1.29, 1.82) is 0 Å². The van der Waals surface area contributed by atoms with Crippen molar-refractivity contribution in [3.63, 3.8) is 0 Å². The van der Waals surface area contributed by atoms with E-state index in [2.05, 4.69) is 26.6 Å². The molecular weight excluding hydrogens is 500 g/mol. The van der Waals surface area contributed by atoms with Crippen molar-refractivity contribution in [1.82, 2.24) is 10.6 Å². The molecule has 11 nitrogen and oxygen atoms in total. The van der Waals surface area contributed by atoms with E-state index in [0.717, 1.165) is 18.9 Å². The molecular formula is C17H25N5O6STc.